The van der Waals surface area contributed by atoms with Crippen LogP contribution in [-0.4, -0.2) is 11.2 Å². The Morgan fingerprint density at radius 2 is 2.21 bits per heavy atom. The summed E-state index contributed by atoms with van der Waals surface area (Å²) in [6.45, 7) is 1.75. The average molecular weight is 257 g/mol. The number of hydrogen-bond acceptors (Lipinski definition) is 2. The molecule has 0 bridgehead atoms. The van der Waals surface area contributed by atoms with Gasteiger partial charge in [-0.3, -0.25) is 0 Å². The molecule has 1 N–H and O–H groups in total. The van der Waals surface area contributed by atoms with Gasteiger partial charge in [-0.05, 0) is 31.9 Å². The molecule has 3 heteroatoms. The molecule has 1 fully saturated rings. The molecule has 0 unspecified atom stereocenters. The normalized spacial score (nSPS) is 17.9. The van der Waals surface area contributed by atoms with E-state index in [4.69, 9.17) is 4.74 Å². The first-order valence-corrected chi connectivity index (χ1v) is 5.60. The van der Waals surface area contributed by atoms with Gasteiger partial charge in [-0.15, -0.1) is 0 Å². The summed E-state index contributed by atoms with van der Waals surface area (Å²) in [5, 5.41) is 9.53. The summed E-state index contributed by atoms with van der Waals surface area (Å²) < 4.78 is 6.69. The van der Waals surface area contributed by atoms with Gasteiger partial charge >= 0.3 is 0 Å². The highest BCUT2D eigenvalue weighted by molar-refractivity contribution is 9.10. The second-order valence-corrected chi connectivity index (χ2v) is 4.59. The van der Waals surface area contributed by atoms with Crippen molar-refractivity contribution in [1.82, 2.24) is 0 Å². The maximum atomic E-state index is 9.53. The average Bonchev–Trinajstić information content (AvgIpc) is 2.87. The van der Waals surface area contributed by atoms with Gasteiger partial charge in [-0.2, -0.15) is 0 Å². The summed E-state index contributed by atoms with van der Waals surface area (Å²) >= 11 is 3.39. The van der Waals surface area contributed by atoms with Gasteiger partial charge in [-0.1, -0.05) is 22.0 Å². The summed E-state index contributed by atoms with van der Waals surface area (Å²) in [5.74, 6) is 0.803. The van der Waals surface area contributed by atoms with Gasteiger partial charge in [0.2, 0.25) is 0 Å². The van der Waals surface area contributed by atoms with Crippen LogP contribution in [0.3, 0.4) is 0 Å². The highest BCUT2D eigenvalue weighted by atomic mass is 79.9. The topological polar surface area (TPSA) is 29.5 Å². The molecule has 0 amide bonds. The number of benzene rings is 1. The molecule has 1 aliphatic rings. The molecule has 0 radical (unpaired) electrons. The summed E-state index contributed by atoms with van der Waals surface area (Å²) in [6, 6.07) is 5.73. The smallest absolute Gasteiger partial charge is 0.126 e. The fourth-order valence-corrected chi connectivity index (χ4v) is 1.66. The molecule has 2 rings (SSSR count). The largest absolute Gasteiger partial charge is 0.490 e. The highest BCUT2D eigenvalue weighted by Gasteiger charge is 2.25. The fraction of sp³-hybridized carbons (Fsp3) is 0.455. The van der Waals surface area contributed by atoms with Crippen LogP contribution in [0.4, 0.5) is 0 Å². The fourth-order valence-electron chi connectivity index (χ4n) is 1.32. The third kappa shape index (κ3) is 2.28. The van der Waals surface area contributed by atoms with Crippen molar-refractivity contribution in [3.63, 3.8) is 0 Å². The number of rotatable bonds is 3. The summed E-state index contributed by atoms with van der Waals surface area (Å²) in [6.07, 6.45) is 2.15. The van der Waals surface area contributed by atoms with Crippen molar-refractivity contribution < 1.29 is 9.84 Å². The molecular formula is C11H13BrO2. The van der Waals surface area contributed by atoms with E-state index in [2.05, 4.69) is 15.9 Å². The molecule has 0 aromatic heterocycles. The highest BCUT2D eigenvalue weighted by Crippen LogP contribution is 2.33. The van der Waals surface area contributed by atoms with Crippen molar-refractivity contribution in [2.75, 3.05) is 0 Å². The van der Waals surface area contributed by atoms with Crippen LogP contribution in [0.15, 0.2) is 22.7 Å². The van der Waals surface area contributed by atoms with Crippen molar-refractivity contribution in [3.8, 4) is 5.75 Å². The van der Waals surface area contributed by atoms with Crippen molar-refractivity contribution in [3.05, 3.63) is 28.2 Å². The lowest BCUT2D eigenvalue weighted by molar-refractivity contribution is 0.190. The van der Waals surface area contributed by atoms with E-state index >= 15 is 0 Å². The Bertz CT molecular complexity index is 332. The van der Waals surface area contributed by atoms with E-state index in [1.807, 2.05) is 18.2 Å². The molecule has 76 valence electrons. The van der Waals surface area contributed by atoms with Crippen LogP contribution in [0.2, 0.25) is 0 Å². The predicted molar refractivity (Wildman–Crippen MR) is 58.4 cm³/mol. The van der Waals surface area contributed by atoms with Crippen molar-refractivity contribution in [2.24, 2.45) is 0 Å². The van der Waals surface area contributed by atoms with Crippen LogP contribution in [0.25, 0.3) is 0 Å². The van der Waals surface area contributed by atoms with E-state index < -0.39 is 6.10 Å². The molecule has 0 saturated heterocycles. The minimum atomic E-state index is -0.475. The molecule has 1 atom stereocenters. The Hall–Kier alpha value is -0.540. The van der Waals surface area contributed by atoms with E-state index in [1.54, 1.807) is 6.92 Å². The van der Waals surface area contributed by atoms with Crippen LogP contribution in [0, 0.1) is 0 Å². The molecule has 14 heavy (non-hydrogen) atoms. The molecule has 0 spiro atoms. The molecule has 1 saturated carbocycles. The number of aliphatic hydroxyl groups is 1. The first-order valence-electron chi connectivity index (χ1n) is 4.81. The van der Waals surface area contributed by atoms with Gasteiger partial charge < -0.3 is 9.84 Å². The van der Waals surface area contributed by atoms with Gasteiger partial charge in [0.05, 0.1) is 12.2 Å². The monoisotopic (exact) mass is 256 g/mol. The van der Waals surface area contributed by atoms with E-state index in [0.717, 1.165) is 28.6 Å². The van der Waals surface area contributed by atoms with Crippen molar-refractivity contribution in [1.29, 1.82) is 0 Å². The zero-order valence-corrected chi connectivity index (χ0v) is 9.62. The Labute approximate surface area is 92.0 Å². The maximum absolute atomic E-state index is 9.53. The minimum absolute atomic E-state index is 0.363. The quantitative estimate of drug-likeness (QED) is 0.901. The zero-order valence-electron chi connectivity index (χ0n) is 8.03. The van der Waals surface area contributed by atoms with Gasteiger partial charge in [0, 0.05) is 10.0 Å². The van der Waals surface area contributed by atoms with E-state index in [1.165, 1.54) is 0 Å². The maximum Gasteiger partial charge on any atom is 0.126 e. The summed E-state index contributed by atoms with van der Waals surface area (Å²) in [5.41, 5.74) is 0.861. The second kappa shape index (κ2) is 3.91. The van der Waals surface area contributed by atoms with Gasteiger partial charge in [0.15, 0.2) is 0 Å². The van der Waals surface area contributed by atoms with Gasteiger partial charge in [-0.25, -0.2) is 0 Å². The molecule has 0 heterocycles. The van der Waals surface area contributed by atoms with Crippen LogP contribution in [0.5, 0.6) is 5.75 Å². The molecule has 1 aromatic carbocycles. The number of aliphatic hydroxyl groups excluding tert-OH is 1. The third-order valence-electron chi connectivity index (χ3n) is 2.24. The Balaban J connectivity index is 2.27. The van der Waals surface area contributed by atoms with E-state index in [0.29, 0.717) is 6.10 Å². The molecular weight excluding hydrogens is 244 g/mol. The predicted octanol–water partition coefficient (Wildman–Crippen LogP) is 3.04. The standard InChI is InChI=1S/C11H13BrO2/c1-7(13)10-5-2-8(12)6-11(10)14-9-3-4-9/h2,5-7,9,13H,3-4H2,1H3/t7-/m0/s1. The zero-order chi connectivity index (χ0) is 10.1. The number of ether oxygens (including phenoxy) is 1. The van der Waals surface area contributed by atoms with Crippen LogP contribution < -0.4 is 4.74 Å². The first-order chi connectivity index (χ1) is 6.66. The van der Waals surface area contributed by atoms with Crippen molar-refractivity contribution >= 4 is 15.9 Å². The summed E-state index contributed by atoms with van der Waals surface area (Å²) in [4.78, 5) is 0. The van der Waals surface area contributed by atoms with Crippen LogP contribution >= 0.6 is 15.9 Å². The second-order valence-electron chi connectivity index (χ2n) is 3.68. The van der Waals surface area contributed by atoms with E-state index in [9.17, 15) is 5.11 Å². The molecule has 1 aliphatic carbocycles. The Morgan fingerprint density at radius 1 is 1.50 bits per heavy atom. The van der Waals surface area contributed by atoms with Gasteiger partial charge in [0.25, 0.3) is 0 Å². The Morgan fingerprint density at radius 3 is 2.79 bits per heavy atom. The Kier molecular flexibility index (Phi) is 2.79. The van der Waals surface area contributed by atoms with Crippen molar-refractivity contribution in [2.45, 2.75) is 32.0 Å². The lowest BCUT2D eigenvalue weighted by Gasteiger charge is -2.13. The third-order valence-corrected chi connectivity index (χ3v) is 2.74. The molecule has 0 aliphatic heterocycles. The number of halogens is 1. The van der Waals surface area contributed by atoms with Gasteiger partial charge in [0.1, 0.15) is 5.75 Å². The van der Waals surface area contributed by atoms with Crippen LogP contribution in [0.1, 0.15) is 31.4 Å². The lowest BCUT2D eigenvalue weighted by atomic mass is 10.1. The first kappa shape index (κ1) is 9.99. The molecule has 1 aromatic rings. The summed E-state index contributed by atoms with van der Waals surface area (Å²) in [7, 11) is 0. The van der Waals surface area contributed by atoms with Crippen LogP contribution in [-0.2, 0) is 0 Å². The number of hydrogen-bond donors (Lipinski definition) is 1. The SMILES string of the molecule is C[C@H](O)c1ccc(Br)cc1OC1CC1. The minimum Gasteiger partial charge on any atom is -0.490 e. The molecule has 2 nitrogen and oxygen atoms in total. The lowest BCUT2D eigenvalue weighted by Crippen LogP contribution is -2.01. The van der Waals surface area contributed by atoms with E-state index in [-0.39, 0.29) is 0 Å².